The van der Waals surface area contributed by atoms with Gasteiger partial charge in [0.05, 0.1) is 12.6 Å². The van der Waals surface area contributed by atoms with Gasteiger partial charge in [-0.15, -0.1) is 6.42 Å². The molecule has 1 aromatic rings. The highest BCUT2D eigenvalue weighted by atomic mass is 79.9. The average molecular weight is 282 g/mol. The lowest BCUT2D eigenvalue weighted by Crippen LogP contribution is -2.17. The zero-order valence-electron chi connectivity index (χ0n) is 9.59. The van der Waals surface area contributed by atoms with Crippen molar-refractivity contribution in [2.24, 2.45) is 0 Å². The molecular formula is C13H16BrNO. The summed E-state index contributed by atoms with van der Waals surface area (Å²) >= 11 is 3.51. The maximum Gasteiger partial charge on any atom is 0.0871 e. The van der Waals surface area contributed by atoms with Gasteiger partial charge in [-0.2, -0.15) is 0 Å². The molecule has 2 nitrogen and oxygen atoms in total. The molecule has 1 atom stereocenters. The molecule has 0 aromatic heterocycles. The van der Waals surface area contributed by atoms with Crippen LogP contribution in [0.4, 0.5) is 5.69 Å². The largest absolute Gasteiger partial charge is 0.380 e. The van der Waals surface area contributed by atoms with Crippen molar-refractivity contribution in [3.05, 3.63) is 28.2 Å². The molecule has 0 saturated heterocycles. The average Bonchev–Trinajstić information content (AvgIpc) is 2.30. The summed E-state index contributed by atoms with van der Waals surface area (Å²) in [5.74, 6) is 2.72. The fourth-order valence-corrected chi connectivity index (χ4v) is 1.91. The Labute approximate surface area is 106 Å². The van der Waals surface area contributed by atoms with Crippen LogP contribution in [0, 0.1) is 12.3 Å². The van der Waals surface area contributed by atoms with Crippen LogP contribution in [0.5, 0.6) is 0 Å². The number of hydrogen-bond acceptors (Lipinski definition) is 2. The molecule has 0 aliphatic heterocycles. The summed E-state index contributed by atoms with van der Waals surface area (Å²) in [6.45, 7) is 2.62. The number of anilines is 1. The molecule has 0 radical (unpaired) electrons. The number of nitrogens with one attached hydrogen (secondary N) is 1. The van der Waals surface area contributed by atoms with Gasteiger partial charge in [0.1, 0.15) is 0 Å². The topological polar surface area (TPSA) is 21.3 Å². The second-order valence-electron chi connectivity index (χ2n) is 3.47. The first-order chi connectivity index (χ1) is 7.72. The molecule has 1 rings (SSSR count). The van der Waals surface area contributed by atoms with Crippen LogP contribution in [-0.4, -0.2) is 13.2 Å². The van der Waals surface area contributed by atoms with Crippen molar-refractivity contribution in [3.8, 4) is 12.3 Å². The Morgan fingerprint density at radius 2 is 2.31 bits per heavy atom. The summed E-state index contributed by atoms with van der Waals surface area (Å²) in [7, 11) is 1.68. The van der Waals surface area contributed by atoms with Crippen molar-refractivity contribution in [3.63, 3.8) is 0 Å². The number of terminal acetylenes is 1. The van der Waals surface area contributed by atoms with E-state index in [1.807, 2.05) is 18.2 Å². The van der Waals surface area contributed by atoms with Gasteiger partial charge in [-0.1, -0.05) is 34.8 Å². The van der Waals surface area contributed by atoms with E-state index in [9.17, 15) is 0 Å². The van der Waals surface area contributed by atoms with E-state index in [0.717, 1.165) is 22.1 Å². The molecule has 86 valence electrons. The normalized spacial score (nSPS) is 11.9. The third kappa shape index (κ3) is 3.26. The van der Waals surface area contributed by atoms with Crippen molar-refractivity contribution < 1.29 is 4.74 Å². The van der Waals surface area contributed by atoms with Gasteiger partial charge in [0.2, 0.25) is 0 Å². The Hall–Kier alpha value is -0.980. The van der Waals surface area contributed by atoms with Gasteiger partial charge < -0.3 is 10.1 Å². The molecule has 1 N–H and O–H groups in total. The number of methoxy groups -OCH3 is 1. The molecule has 0 aliphatic rings. The van der Waals surface area contributed by atoms with Gasteiger partial charge in [-0.25, -0.2) is 0 Å². The molecule has 0 spiro atoms. The van der Waals surface area contributed by atoms with Crippen LogP contribution in [0.3, 0.4) is 0 Å². The van der Waals surface area contributed by atoms with Gasteiger partial charge >= 0.3 is 0 Å². The van der Waals surface area contributed by atoms with Crippen molar-refractivity contribution in [1.29, 1.82) is 0 Å². The van der Waals surface area contributed by atoms with Crippen LogP contribution in [0.1, 0.15) is 18.9 Å². The second-order valence-corrected chi connectivity index (χ2v) is 4.33. The van der Waals surface area contributed by atoms with Gasteiger partial charge in [0.25, 0.3) is 0 Å². The van der Waals surface area contributed by atoms with Crippen molar-refractivity contribution in [1.82, 2.24) is 0 Å². The van der Waals surface area contributed by atoms with Crippen molar-refractivity contribution in [2.45, 2.75) is 26.0 Å². The fraction of sp³-hybridized carbons (Fsp3) is 0.385. The summed E-state index contributed by atoms with van der Waals surface area (Å²) in [5, 5.41) is 3.33. The van der Waals surface area contributed by atoms with Crippen LogP contribution in [-0.2, 0) is 11.3 Å². The van der Waals surface area contributed by atoms with Gasteiger partial charge in [-0.3, -0.25) is 0 Å². The van der Waals surface area contributed by atoms with E-state index in [0.29, 0.717) is 6.61 Å². The van der Waals surface area contributed by atoms with E-state index in [4.69, 9.17) is 11.2 Å². The monoisotopic (exact) mass is 281 g/mol. The number of rotatable bonds is 5. The SMILES string of the molecule is C#CC(CC)Nc1cccc(Br)c1COC. The summed E-state index contributed by atoms with van der Waals surface area (Å²) in [6, 6.07) is 6.05. The van der Waals surface area contributed by atoms with Gasteiger partial charge in [0.15, 0.2) is 0 Å². The highest BCUT2D eigenvalue weighted by molar-refractivity contribution is 9.10. The van der Waals surface area contributed by atoms with Crippen LogP contribution < -0.4 is 5.32 Å². The highest BCUT2D eigenvalue weighted by Gasteiger charge is 2.09. The Morgan fingerprint density at radius 3 is 2.88 bits per heavy atom. The van der Waals surface area contributed by atoms with Crippen LogP contribution in [0.15, 0.2) is 22.7 Å². The van der Waals surface area contributed by atoms with Crippen LogP contribution >= 0.6 is 15.9 Å². The van der Waals surface area contributed by atoms with Crippen molar-refractivity contribution >= 4 is 21.6 Å². The lowest BCUT2D eigenvalue weighted by atomic mass is 10.1. The summed E-state index contributed by atoms with van der Waals surface area (Å²) < 4.78 is 6.21. The van der Waals surface area contributed by atoms with E-state index in [1.54, 1.807) is 7.11 Å². The molecule has 3 heteroatoms. The molecule has 1 aromatic carbocycles. The van der Waals surface area contributed by atoms with Gasteiger partial charge in [-0.05, 0) is 18.6 Å². The lowest BCUT2D eigenvalue weighted by molar-refractivity contribution is 0.185. The smallest absolute Gasteiger partial charge is 0.0871 e. The first kappa shape index (κ1) is 13.1. The second kappa shape index (κ2) is 6.57. The summed E-state index contributed by atoms with van der Waals surface area (Å²) in [5.41, 5.74) is 2.12. The Morgan fingerprint density at radius 1 is 1.56 bits per heavy atom. The number of halogens is 1. The van der Waals surface area contributed by atoms with Gasteiger partial charge in [0, 0.05) is 22.8 Å². The summed E-state index contributed by atoms with van der Waals surface area (Å²) in [4.78, 5) is 0. The molecule has 0 saturated carbocycles. The first-order valence-corrected chi connectivity index (χ1v) is 6.01. The molecule has 0 aliphatic carbocycles. The van der Waals surface area contributed by atoms with Crippen LogP contribution in [0.2, 0.25) is 0 Å². The van der Waals surface area contributed by atoms with Crippen molar-refractivity contribution in [2.75, 3.05) is 12.4 Å². The molecular weight excluding hydrogens is 266 g/mol. The quantitative estimate of drug-likeness (QED) is 0.835. The van der Waals surface area contributed by atoms with E-state index in [-0.39, 0.29) is 6.04 Å². The van der Waals surface area contributed by atoms with E-state index >= 15 is 0 Å². The Bertz CT molecular complexity index is 384. The minimum absolute atomic E-state index is 0.0601. The highest BCUT2D eigenvalue weighted by Crippen LogP contribution is 2.26. The lowest BCUT2D eigenvalue weighted by Gasteiger charge is -2.16. The zero-order valence-corrected chi connectivity index (χ0v) is 11.2. The third-order valence-corrected chi connectivity index (χ3v) is 3.09. The molecule has 16 heavy (non-hydrogen) atoms. The Balaban J connectivity index is 2.94. The summed E-state index contributed by atoms with van der Waals surface area (Å²) in [6.07, 6.45) is 6.34. The number of ether oxygens (including phenoxy) is 1. The Kier molecular flexibility index (Phi) is 5.37. The van der Waals surface area contributed by atoms with E-state index < -0.39 is 0 Å². The molecule has 0 fully saturated rings. The standard InChI is InChI=1S/C13H16BrNO/c1-4-10(5-2)15-13-8-6-7-12(14)11(13)9-16-3/h1,6-8,10,15H,5,9H2,2-3H3. The molecule has 0 bridgehead atoms. The third-order valence-electron chi connectivity index (χ3n) is 2.35. The molecule has 1 unspecified atom stereocenters. The predicted octanol–water partition coefficient (Wildman–Crippen LogP) is 3.42. The minimum Gasteiger partial charge on any atom is -0.380 e. The number of benzene rings is 1. The number of hydrogen-bond donors (Lipinski definition) is 1. The predicted molar refractivity (Wildman–Crippen MR) is 71.4 cm³/mol. The maximum absolute atomic E-state index is 5.44. The minimum atomic E-state index is 0.0601. The fourth-order valence-electron chi connectivity index (χ4n) is 1.43. The molecule has 0 heterocycles. The van der Waals surface area contributed by atoms with E-state index in [2.05, 4.69) is 34.1 Å². The first-order valence-electron chi connectivity index (χ1n) is 5.21. The van der Waals surface area contributed by atoms with E-state index in [1.165, 1.54) is 0 Å². The van der Waals surface area contributed by atoms with Crippen LogP contribution in [0.25, 0.3) is 0 Å². The molecule has 0 amide bonds. The maximum atomic E-state index is 5.44. The zero-order chi connectivity index (χ0) is 12.0.